The predicted octanol–water partition coefficient (Wildman–Crippen LogP) is 1.53. The normalized spacial score (nSPS) is 18.9. The van der Waals surface area contributed by atoms with Gasteiger partial charge in [0.2, 0.25) is 0 Å². The Hall–Kier alpha value is -1.53. The molecule has 0 amide bonds. The van der Waals surface area contributed by atoms with Crippen LogP contribution < -0.4 is 10.6 Å². The van der Waals surface area contributed by atoms with E-state index in [9.17, 15) is 0 Å². The van der Waals surface area contributed by atoms with Gasteiger partial charge in [0.25, 0.3) is 0 Å². The van der Waals surface area contributed by atoms with E-state index >= 15 is 0 Å². The molecule has 1 aromatic heterocycles. The van der Waals surface area contributed by atoms with E-state index in [1.807, 2.05) is 19.1 Å². The van der Waals surface area contributed by atoms with Gasteiger partial charge in [-0.25, -0.2) is 4.99 Å². The fourth-order valence-corrected chi connectivity index (χ4v) is 2.07. The van der Waals surface area contributed by atoms with E-state index in [1.54, 1.807) is 6.26 Å². The summed E-state index contributed by atoms with van der Waals surface area (Å²) in [7, 11) is 0. The number of ether oxygens (including phenoxy) is 2. The largest absolute Gasteiger partial charge is 0.467 e. The van der Waals surface area contributed by atoms with Crippen LogP contribution in [-0.2, 0) is 16.0 Å². The number of hydrogen-bond donors (Lipinski definition) is 2. The summed E-state index contributed by atoms with van der Waals surface area (Å²) >= 11 is 0. The number of furan rings is 1. The number of nitrogens with one attached hydrogen (secondary N) is 2. The van der Waals surface area contributed by atoms with E-state index in [-0.39, 0.29) is 6.10 Å². The summed E-state index contributed by atoms with van der Waals surface area (Å²) in [5.41, 5.74) is 0. The second-order valence-electron chi connectivity index (χ2n) is 4.91. The zero-order valence-electron chi connectivity index (χ0n) is 12.6. The third-order valence-electron chi connectivity index (χ3n) is 3.17. The van der Waals surface area contributed by atoms with Crippen molar-refractivity contribution < 1.29 is 13.9 Å². The first-order chi connectivity index (χ1) is 10.4. The lowest BCUT2D eigenvalue weighted by Crippen LogP contribution is -2.38. The highest BCUT2D eigenvalue weighted by molar-refractivity contribution is 5.79. The van der Waals surface area contributed by atoms with Crippen molar-refractivity contribution in [2.24, 2.45) is 4.99 Å². The molecule has 2 heterocycles. The van der Waals surface area contributed by atoms with Gasteiger partial charge in [-0.15, -0.1) is 0 Å². The van der Waals surface area contributed by atoms with Crippen molar-refractivity contribution in [3.05, 3.63) is 24.2 Å². The molecule has 118 valence electrons. The van der Waals surface area contributed by atoms with Gasteiger partial charge in [-0.3, -0.25) is 0 Å². The molecule has 0 aromatic carbocycles. The maximum absolute atomic E-state index is 5.72. The highest BCUT2D eigenvalue weighted by atomic mass is 16.5. The number of aliphatic imine (C=N–C) groups is 1. The van der Waals surface area contributed by atoms with Crippen LogP contribution in [0.4, 0.5) is 0 Å². The minimum Gasteiger partial charge on any atom is -0.467 e. The summed E-state index contributed by atoms with van der Waals surface area (Å²) in [5.74, 6) is 1.66. The number of hydrogen-bond acceptors (Lipinski definition) is 4. The maximum Gasteiger partial charge on any atom is 0.191 e. The van der Waals surface area contributed by atoms with E-state index in [4.69, 9.17) is 13.9 Å². The molecule has 0 saturated carbocycles. The first-order valence-electron chi connectivity index (χ1n) is 7.62. The van der Waals surface area contributed by atoms with Crippen molar-refractivity contribution in [3.8, 4) is 0 Å². The van der Waals surface area contributed by atoms with Crippen LogP contribution in [0, 0.1) is 0 Å². The molecule has 1 aromatic rings. The van der Waals surface area contributed by atoms with Crippen LogP contribution in [0.25, 0.3) is 0 Å². The van der Waals surface area contributed by atoms with Gasteiger partial charge in [-0.1, -0.05) is 0 Å². The van der Waals surface area contributed by atoms with Crippen LogP contribution in [0.3, 0.4) is 0 Å². The van der Waals surface area contributed by atoms with E-state index in [0.717, 1.165) is 57.5 Å². The van der Waals surface area contributed by atoms with Crippen LogP contribution in [0.15, 0.2) is 27.8 Å². The van der Waals surface area contributed by atoms with Gasteiger partial charge in [0.15, 0.2) is 5.96 Å². The molecule has 21 heavy (non-hydrogen) atoms. The predicted molar refractivity (Wildman–Crippen MR) is 81.3 cm³/mol. The highest BCUT2D eigenvalue weighted by Gasteiger charge is 2.15. The second-order valence-corrected chi connectivity index (χ2v) is 4.91. The van der Waals surface area contributed by atoms with E-state index in [0.29, 0.717) is 6.54 Å². The fraction of sp³-hybridized carbons (Fsp3) is 0.667. The molecule has 1 aliphatic rings. The summed E-state index contributed by atoms with van der Waals surface area (Å²) in [6, 6.07) is 3.79. The smallest absolute Gasteiger partial charge is 0.191 e. The van der Waals surface area contributed by atoms with Crippen molar-refractivity contribution in [2.75, 3.05) is 32.9 Å². The highest BCUT2D eigenvalue weighted by Crippen LogP contribution is 2.07. The van der Waals surface area contributed by atoms with Crippen molar-refractivity contribution in [1.29, 1.82) is 0 Å². The number of guanidine groups is 1. The summed E-state index contributed by atoms with van der Waals surface area (Å²) in [6.45, 7) is 6.56. The summed E-state index contributed by atoms with van der Waals surface area (Å²) in [5, 5.41) is 6.51. The monoisotopic (exact) mass is 295 g/mol. The van der Waals surface area contributed by atoms with E-state index < -0.39 is 0 Å². The van der Waals surface area contributed by atoms with Crippen molar-refractivity contribution in [3.63, 3.8) is 0 Å². The Labute approximate surface area is 125 Å². The van der Waals surface area contributed by atoms with Crippen LogP contribution in [0.5, 0.6) is 0 Å². The van der Waals surface area contributed by atoms with E-state index in [1.165, 1.54) is 0 Å². The van der Waals surface area contributed by atoms with Crippen molar-refractivity contribution in [2.45, 2.75) is 32.4 Å². The van der Waals surface area contributed by atoms with Crippen molar-refractivity contribution >= 4 is 5.96 Å². The summed E-state index contributed by atoms with van der Waals surface area (Å²) < 4.78 is 16.3. The van der Waals surface area contributed by atoms with Gasteiger partial charge in [0.1, 0.15) is 12.3 Å². The van der Waals surface area contributed by atoms with Gasteiger partial charge in [0.05, 0.1) is 19.0 Å². The van der Waals surface area contributed by atoms with Crippen LogP contribution >= 0.6 is 0 Å². The van der Waals surface area contributed by atoms with E-state index in [2.05, 4.69) is 15.6 Å². The number of nitrogens with zero attached hydrogens (tertiary/aromatic N) is 1. The second kappa shape index (κ2) is 9.41. The SMILES string of the molecule is CCNC(=NCc1ccco1)NCCCOC1CCOC1. The van der Waals surface area contributed by atoms with Gasteiger partial charge in [-0.2, -0.15) is 0 Å². The molecule has 2 N–H and O–H groups in total. The minimum absolute atomic E-state index is 0.283. The molecule has 1 atom stereocenters. The van der Waals surface area contributed by atoms with Crippen LogP contribution in [-0.4, -0.2) is 45.0 Å². The molecule has 1 saturated heterocycles. The van der Waals surface area contributed by atoms with Crippen molar-refractivity contribution in [1.82, 2.24) is 10.6 Å². The summed E-state index contributed by atoms with van der Waals surface area (Å²) in [6.07, 6.45) is 3.91. The molecular formula is C15H25N3O3. The molecule has 6 heteroatoms. The first kappa shape index (κ1) is 15.9. The lowest BCUT2D eigenvalue weighted by molar-refractivity contribution is 0.0420. The topological polar surface area (TPSA) is 68.0 Å². The lowest BCUT2D eigenvalue weighted by Gasteiger charge is -2.12. The summed E-state index contributed by atoms with van der Waals surface area (Å²) in [4.78, 5) is 4.47. The Kier molecular flexibility index (Phi) is 7.11. The molecule has 0 bridgehead atoms. The fourth-order valence-electron chi connectivity index (χ4n) is 2.07. The molecule has 2 rings (SSSR count). The quantitative estimate of drug-likeness (QED) is 0.432. The lowest BCUT2D eigenvalue weighted by atomic mass is 10.3. The molecule has 0 radical (unpaired) electrons. The van der Waals surface area contributed by atoms with Crippen LogP contribution in [0.1, 0.15) is 25.5 Å². The Morgan fingerprint density at radius 3 is 3.14 bits per heavy atom. The zero-order chi connectivity index (χ0) is 14.8. The minimum atomic E-state index is 0.283. The Balaban J connectivity index is 1.61. The third-order valence-corrected chi connectivity index (χ3v) is 3.17. The van der Waals surface area contributed by atoms with Gasteiger partial charge >= 0.3 is 0 Å². The average molecular weight is 295 g/mol. The van der Waals surface area contributed by atoms with Gasteiger partial charge < -0.3 is 24.5 Å². The Bertz CT molecular complexity index is 400. The van der Waals surface area contributed by atoms with Gasteiger partial charge in [0, 0.05) is 26.3 Å². The molecular weight excluding hydrogens is 270 g/mol. The average Bonchev–Trinajstić information content (AvgIpc) is 3.17. The molecule has 0 aliphatic carbocycles. The maximum atomic E-state index is 5.72. The molecule has 6 nitrogen and oxygen atoms in total. The molecule has 0 spiro atoms. The van der Waals surface area contributed by atoms with Gasteiger partial charge in [-0.05, 0) is 31.9 Å². The zero-order valence-corrected chi connectivity index (χ0v) is 12.6. The third kappa shape index (κ3) is 6.18. The number of rotatable bonds is 8. The van der Waals surface area contributed by atoms with Crippen LogP contribution in [0.2, 0.25) is 0 Å². The standard InChI is InChI=1S/C15H25N3O3/c1-2-16-15(18-11-13-5-3-8-20-13)17-7-4-9-21-14-6-10-19-12-14/h3,5,8,14H,2,4,6-7,9-12H2,1H3,(H2,16,17,18). The first-order valence-corrected chi connectivity index (χ1v) is 7.62. The molecule has 1 unspecified atom stereocenters. The Morgan fingerprint density at radius 2 is 2.43 bits per heavy atom. The Morgan fingerprint density at radius 1 is 1.48 bits per heavy atom. The molecule has 1 fully saturated rings. The molecule has 1 aliphatic heterocycles.